The minimum Gasteiger partial charge on any atom is -0.331 e. The average Bonchev–Trinajstić information content (AvgIpc) is 3.11. The van der Waals surface area contributed by atoms with Gasteiger partial charge in [0.05, 0.1) is 19.3 Å². The Balaban J connectivity index is 1.96. The number of carbonyl (C=O) groups is 1. The van der Waals surface area contributed by atoms with Crippen molar-refractivity contribution >= 4 is 29.1 Å². The molecule has 0 radical (unpaired) electrons. The number of nitrogens with zero attached hydrogens (tertiary/aromatic N) is 3. The Labute approximate surface area is 174 Å². The zero-order valence-corrected chi connectivity index (χ0v) is 18.0. The number of rotatable bonds is 7. The summed E-state index contributed by atoms with van der Waals surface area (Å²) >= 11 is 7.48. The summed E-state index contributed by atoms with van der Waals surface area (Å²) in [4.78, 5) is 14.0. The maximum absolute atomic E-state index is 12.8. The van der Waals surface area contributed by atoms with E-state index >= 15 is 0 Å². The van der Waals surface area contributed by atoms with Crippen molar-refractivity contribution in [3.8, 4) is 5.69 Å². The predicted molar refractivity (Wildman–Crippen MR) is 114 cm³/mol. The highest BCUT2D eigenvalue weighted by Gasteiger charge is 2.26. The third-order valence-corrected chi connectivity index (χ3v) is 6.00. The van der Waals surface area contributed by atoms with Crippen LogP contribution in [0.15, 0.2) is 59.8 Å². The van der Waals surface area contributed by atoms with Crippen molar-refractivity contribution in [2.75, 3.05) is 14.1 Å². The van der Waals surface area contributed by atoms with E-state index in [2.05, 4.69) is 31.2 Å². The van der Waals surface area contributed by atoms with Crippen LogP contribution in [0.4, 0.5) is 0 Å². The Hall–Kier alpha value is -2.15. The molecule has 0 fully saturated rings. The molecule has 1 N–H and O–H groups in total. The van der Waals surface area contributed by atoms with Crippen LogP contribution in [0.3, 0.4) is 0 Å². The highest BCUT2D eigenvalue weighted by molar-refractivity contribution is 8.00. The number of benzene rings is 2. The maximum Gasteiger partial charge on any atom is 0.196 e. The van der Waals surface area contributed by atoms with E-state index in [4.69, 9.17) is 11.6 Å². The molecule has 0 spiro atoms. The van der Waals surface area contributed by atoms with E-state index in [1.54, 1.807) is 0 Å². The lowest BCUT2D eigenvalue weighted by Crippen LogP contribution is -3.05. The minimum absolute atomic E-state index is 0.0732. The minimum atomic E-state index is -0.285. The Morgan fingerprint density at radius 1 is 1.04 bits per heavy atom. The molecule has 3 rings (SSSR count). The molecular weight excluding hydrogens is 392 g/mol. The predicted octanol–water partition coefficient (Wildman–Crippen LogP) is 3.49. The summed E-state index contributed by atoms with van der Waals surface area (Å²) in [5.41, 5.74) is 1.63. The smallest absolute Gasteiger partial charge is 0.196 e. The van der Waals surface area contributed by atoms with Gasteiger partial charge in [0.25, 0.3) is 0 Å². The molecule has 0 aliphatic rings. The summed E-state index contributed by atoms with van der Waals surface area (Å²) in [6.07, 6.45) is 0. The molecule has 0 aliphatic heterocycles. The lowest BCUT2D eigenvalue weighted by Gasteiger charge is -2.18. The van der Waals surface area contributed by atoms with E-state index in [-0.39, 0.29) is 17.1 Å². The maximum atomic E-state index is 12.8. The molecule has 0 aliphatic carbocycles. The van der Waals surface area contributed by atoms with Gasteiger partial charge in [-0.1, -0.05) is 53.7 Å². The number of nitrogens with one attached hydrogen (secondary N) is 1. The zero-order chi connectivity index (χ0) is 20.3. The van der Waals surface area contributed by atoms with E-state index in [0.29, 0.717) is 15.7 Å². The largest absolute Gasteiger partial charge is 0.331 e. The first-order chi connectivity index (χ1) is 13.4. The number of hydrogen-bond donors (Lipinski definition) is 1. The monoisotopic (exact) mass is 415 g/mol. The lowest BCUT2D eigenvalue weighted by atomic mass is 10.1. The Morgan fingerprint density at radius 3 is 2.29 bits per heavy atom. The molecule has 0 bridgehead atoms. The number of aromatic nitrogens is 3. The zero-order valence-electron chi connectivity index (χ0n) is 16.4. The van der Waals surface area contributed by atoms with Gasteiger partial charge in [0, 0.05) is 16.3 Å². The van der Waals surface area contributed by atoms with Crippen molar-refractivity contribution in [1.29, 1.82) is 0 Å². The second-order valence-electron chi connectivity index (χ2n) is 6.94. The summed E-state index contributed by atoms with van der Waals surface area (Å²) in [7, 11) is 4.17. The van der Waals surface area contributed by atoms with E-state index in [1.165, 1.54) is 16.7 Å². The van der Waals surface area contributed by atoms with Gasteiger partial charge in [-0.2, -0.15) is 0 Å². The fourth-order valence-corrected chi connectivity index (χ4v) is 3.86. The van der Waals surface area contributed by atoms with Crippen LogP contribution in [0.25, 0.3) is 5.69 Å². The van der Waals surface area contributed by atoms with Gasteiger partial charge in [0.2, 0.25) is 0 Å². The number of carbonyl (C=O) groups excluding carboxylic acids is 1. The quantitative estimate of drug-likeness (QED) is 0.474. The van der Waals surface area contributed by atoms with Gasteiger partial charge in [0.1, 0.15) is 6.04 Å². The first-order valence-electron chi connectivity index (χ1n) is 9.15. The molecule has 0 unspecified atom stereocenters. The summed E-state index contributed by atoms with van der Waals surface area (Å²) in [5.74, 6) is 0.924. The fraction of sp³-hybridized carbons (Fsp3) is 0.286. The van der Waals surface area contributed by atoms with E-state index in [1.807, 2.05) is 66.1 Å². The molecule has 5 nitrogen and oxygen atoms in total. The van der Waals surface area contributed by atoms with Crippen LogP contribution < -0.4 is 4.90 Å². The number of Topliss-reactive ketones (excluding diaryl/α,β-unsaturated/α-hetero) is 1. The van der Waals surface area contributed by atoms with Crippen molar-refractivity contribution in [3.63, 3.8) is 0 Å². The van der Waals surface area contributed by atoms with E-state index in [9.17, 15) is 4.79 Å². The van der Waals surface area contributed by atoms with Crippen molar-refractivity contribution in [1.82, 2.24) is 14.8 Å². The van der Waals surface area contributed by atoms with Gasteiger partial charge < -0.3 is 4.90 Å². The number of ketones is 1. The summed E-state index contributed by atoms with van der Waals surface area (Å²) in [5, 5.41) is 9.94. The fourth-order valence-electron chi connectivity index (χ4n) is 2.78. The van der Waals surface area contributed by atoms with E-state index < -0.39 is 0 Å². The third-order valence-electron chi connectivity index (χ3n) is 4.71. The highest BCUT2D eigenvalue weighted by atomic mass is 35.5. The van der Waals surface area contributed by atoms with Gasteiger partial charge in [-0.25, -0.2) is 0 Å². The molecule has 0 saturated heterocycles. The second-order valence-corrected chi connectivity index (χ2v) is 8.69. The molecule has 3 aromatic rings. The Bertz CT molecular complexity index is 941. The van der Waals surface area contributed by atoms with Crippen LogP contribution in [0, 0.1) is 0 Å². The highest BCUT2D eigenvalue weighted by Crippen LogP contribution is 2.29. The van der Waals surface area contributed by atoms with Crippen LogP contribution in [0.2, 0.25) is 5.02 Å². The van der Waals surface area contributed by atoms with Crippen LogP contribution in [-0.4, -0.2) is 39.9 Å². The first kappa shape index (κ1) is 20.6. The Morgan fingerprint density at radius 2 is 1.68 bits per heavy atom. The molecule has 28 heavy (non-hydrogen) atoms. The van der Waals surface area contributed by atoms with Gasteiger partial charge in [-0.3, -0.25) is 9.36 Å². The molecule has 146 valence electrons. The topological polar surface area (TPSA) is 52.2 Å². The molecule has 7 heteroatoms. The van der Waals surface area contributed by atoms with Gasteiger partial charge in [-0.05, 0) is 38.1 Å². The van der Waals surface area contributed by atoms with Crippen LogP contribution in [0.1, 0.15) is 36.1 Å². The average molecular weight is 416 g/mol. The first-order valence-corrected chi connectivity index (χ1v) is 10.4. The van der Waals surface area contributed by atoms with Crippen molar-refractivity contribution in [3.05, 3.63) is 71.0 Å². The van der Waals surface area contributed by atoms with Crippen molar-refractivity contribution < 1.29 is 9.69 Å². The van der Waals surface area contributed by atoms with Crippen LogP contribution >= 0.6 is 23.4 Å². The number of quaternary nitrogens is 1. The van der Waals surface area contributed by atoms with Gasteiger partial charge in [-0.15, -0.1) is 10.2 Å². The number of halogens is 1. The van der Waals surface area contributed by atoms with Crippen molar-refractivity contribution in [2.45, 2.75) is 30.3 Å². The molecule has 0 amide bonds. The Kier molecular flexibility index (Phi) is 6.54. The summed E-state index contributed by atoms with van der Waals surface area (Å²) in [6.45, 7) is 4.01. The standard InChI is InChI=1S/C21H23ClN4OS/c1-14(25(3)4)20-23-24-21(26(20)18-12-10-17(22)11-13-18)28-15(2)19(27)16-8-6-5-7-9-16/h5-15H,1-4H3/p+1/t14-,15+/m1/s1. The third kappa shape index (κ3) is 4.46. The normalized spacial score (nSPS) is 13.5. The SMILES string of the molecule is C[C@H](Sc1nnc([C@@H](C)[NH+](C)C)n1-c1ccc(Cl)cc1)C(=O)c1ccccc1. The van der Waals surface area contributed by atoms with Crippen LogP contribution in [-0.2, 0) is 0 Å². The second kappa shape index (κ2) is 8.90. The molecular formula is C21H24ClN4OS+. The summed E-state index contributed by atoms with van der Waals surface area (Å²) in [6, 6.07) is 17.1. The van der Waals surface area contributed by atoms with Gasteiger partial charge in [0.15, 0.2) is 16.8 Å². The molecule has 2 aromatic carbocycles. The molecule has 1 aromatic heterocycles. The van der Waals surface area contributed by atoms with Crippen LogP contribution in [0.5, 0.6) is 0 Å². The summed E-state index contributed by atoms with van der Waals surface area (Å²) < 4.78 is 2.02. The molecule has 1 heterocycles. The van der Waals surface area contributed by atoms with Crippen molar-refractivity contribution in [2.24, 2.45) is 0 Å². The molecule has 2 atom stereocenters. The number of thioether (sulfide) groups is 1. The van der Waals surface area contributed by atoms with E-state index in [0.717, 1.165) is 11.5 Å². The molecule has 0 saturated carbocycles. The lowest BCUT2D eigenvalue weighted by molar-refractivity contribution is -0.890. The number of hydrogen-bond acceptors (Lipinski definition) is 4. The van der Waals surface area contributed by atoms with Gasteiger partial charge >= 0.3 is 0 Å².